The molecule has 5 nitrogen and oxygen atoms in total. The quantitative estimate of drug-likeness (QED) is 0.675. The summed E-state index contributed by atoms with van der Waals surface area (Å²) in [6.45, 7) is 5.41. The van der Waals surface area contributed by atoms with Crippen LogP contribution in [0.1, 0.15) is 56.8 Å². The number of carbonyl (C=O) groups is 2. The largest absolute Gasteiger partial charge is 0.573 e. The second kappa shape index (κ2) is 7.29. The van der Waals surface area contributed by atoms with Gasteiger partial charge in [0.15, 0.2) is 5.78 Å². The van der Waals surface area contributed by atoms with Crippen LogP contribution in [-0.2, 0) is 4.74 Å². The lowest BCUT2D eigenvalue weighted by atomic mass is 9.85. The van der Waals surface area contributed by atoms with E-state index in [9.17, 15) is 22.8 Å². The highest BCUT2D eigenvalue weighted by Gasteiger charge is 2.46. The van der Waals surface area contributed by atoms with Gasteiger partial charge in [-0.1, -0.05) is 12.1 Å². The van der Waals surface area contributed by atoms with E-state index in [1.54, 1.807) is 25.7 Å². The van der Waals surface area contributed by atoms with Crippen LogP contribution in [0.4, 0.5) is 18.0 Å². The first-order chi connectivity index (χ1) is 12.9. The number of piperidine rings is 1. The Bertz CT molecular complexity index is 743. The molecule has 0 aliphatic carbocycles. The Kier molecular flexibility index (Phi) is 5.34. The Morgan fingerprint density at radius 2 is 1.68 bits per heavy atom. The fraction of sp³-hybridized carbons (Fsp3) is 0.600. The fourth-order valence-electron chi connectivity index (χ4n) is 4.09. The summed E-state index contributed by atoms with van der Waals surface area (Å²) >= 11 is 0. The molecule has 8 heteroatoms. The maximum atomic E-state index is 12.9. The summed E-state index contributed by atoms with van der Waals surface area (Å²) in [6.07, 6.45) is -2.61. The van der Waals surface area contributed by atoms with Crippen molar-refractivity contribution in [1.29, 1.82) is 0 Å². The molecule has 28 heavy (non-hydrogen) atoms. The van der Waals surface area contributed by atoms with Gasteiger partial charge in [-0.25, -0.2) is 4.79 Å². The molecule has 2 aliphatic rings. The third-order valence-electron chi connectivity index (χ3n) is 5.06. The number of hydrogen-bond donors (Lipinski definition) is 0. The molecule has 0 spiro atoms. The number of rotatable bonds is 3. The molecule has 0 N–H and O–H groups in total. The van der Waals surface area contributed by atoms with Gasteiger partial charge < -0.3 is 14.4 Å². The third kappa shape index (κ3) is 4.77. The monoisotopic (exact) mass is 399 g/mol. The Morgan fingerprint density at radius 3 is 2.21 bits per heavy atom. The van der Waals surface area contributed by atoms with Crippen molar-refractivity contribution in [2.75, 3.05) is 0 Å². The fourth-order valence-corrected chi connectivity index (χ4v) is 4.09. The van der Waals surface area contributed by atoms with Gasteiger partial charge in [0.05, 0.1) is 0 Å². The number of nitrogens with zero attached hydrogens (tertiary/aromatic N) is 1. The molecule has 1 aromatic carbocycles. The number of carbonyl (C=O) groups excluding carboxylic acids is 2. The predicted octanol–water partition coefficient (Wildman–Crippen LogP) is 4.95. The van der Waals surface area contributed by atoms with Gasteiger partial charge >= 0.3 is 12.5 Å². The summed E-state index contributed by atoms with van der Waals surface area (Å²) in [5.41, 5.74) is -0.404. The Hall–Kier alpha value is -2.25. The van der Waals surface area contributed by atoms with Gasteiger partial charge in [0.25, 0.3) is 0 Å². The molecule has 0 aromatic heterocycles. The van der Waals surface area contributed by atoms with Gasteiger partial charge in [-0.05, 0) is 58.6 Å². The van der Waals surface area contributed by atoms with Crippen molar-refractivity contribution in [2.24, 2.45) is 5.92 Å². The molecule has 2 aliphatic heterocycles. The highest BCUT2D eigenvalue weighted by molar-refractivity contribution is 5.98. The van der Waals surface area contributed by atoms with Gasteiger partial charge in [0.1, 0.15) is 11.4 Å². The average Bonchev–Trinajstić information content (AvgIpc) is 2.82. The van der Waals surface area contributed by atoms with Crippen molar-refractivity contribution >= 4 is 11.9 Å². The van der Waals surface area contributed by atoms with Crippen molar-refractivity contribution in [3.8, 4) is 5.75 Å². The summed E-state index contributed by atoms with van der Waals surface area (Å²) < 4.78 is 46.6. The predicted molar refractivity (Wildman–Crippen MR) is 95.1 cm³/mol. The van der Waals surface area contributed by atoms with Crippen LogP contribution in [0.5, 0.6) is 5.75 Å². The van der Waals surface area contributed by atoms with Crippen LogP contribution in [0, 0.1) is 5.92 Å². The standard InChI is InChI=1S/C20H24F3NO4/c1-19(2,3)28-18(26)24-14-7-8-15(24)10-13(9-14)17(25)12-5-4-6-16(11-12)27-20(21,22)23/h4-6,11,13-15H,7-10H2,1-3H3. The molecule has 1 aromatic rings. The zero-order valence-corrected chi connectivity index (χ0v) is 16.1. The Balaban J connectivity index is 1.70. The van der Waals surface area contributed by atoms with Crippen LogP contribution < -0.4 is 4.74 Å². The molecule has 2 heterocycles. The number of ether oxygens (including phenoxy) is 2. The van der Waals surface area contributed by atoms with Crippen molar-refractivity contribution in [3.05, 3.63) is 29.8 Å². The Morgan fingerprint density at radius 1 is 1.07 bits per heavy atom. The van der Waals surface area contributed by atoms with Crippen LogP contribution in [0.25, 0.3) is 0 Å². The van der Waals surface area contributed by atoms with Crippen molar-refractivity contribution in [3.63, 3.8) is 0 Å². The SMILES string of the molecule is CC(C)(C)OC(=O)N1C2CCC1CC(C(=O)c1cccc(OC(F)(F)F)c1)C2. The van der Waals surface area contributed by atoms with Crippen LogP contribution in [0.2, 0.25) is 0 Å². The summed E-state index contributed by atoms with van der Waals surface area (Å²) in [5.74, 6) is -0.960. The maximum Gasteiger partial charge on any atom is 0.573 e. The van der Waals surface area contributed by atoms with Crippen molar-refractivity contribution in [2.45, 2.75) is 70.5 Å². The van der Waals surface area contributed by atoms with Crippen molar-refractivity contribution < 1.29 is 32.2 Å². The molecule has 2 atom stereocenters. The van der Waals surface area contributed by atoms with E-state index in [4.69, 9.17) is 4.74 Å². The van der Waals surface area contributed by atoms with E-state index in [0.29, 0.717) is 12.8 Å². The van der Waals surface area contributed by atoms with E-state index in [1.807, 2.05) is 0 Å². The van der Waals surface area contributed by atoms with E-state index in [2.05, 4.69) is 4.74 Å². The molecule has 1 amide bonds. The highest BCUT2D eigenvalue weighted by atomic mass is 19.4. The normalized spacial score (nSPS) is 24.8. The third-order valence-corrected chi connectivity index (χ3v) is 5.06. The molecular weight excluding hydrogens is 375 g/mol. The van der Waals surface area contributed by atoms with Gasteiger partial charge in [-0.3, -0.25) is 4.79 Å². The number of fused-ring (bicyclic) bond motifs is 2. The number of Topliss-reactive ketones (excluding diaryl/α,β-unsaturated/α-hetero) is 1. The van der Waals surface area contributed by atoms with Gasteiger partial charge in [-0.2, -0.15) is 0 Å². The van der Waals surface area contributed by atoms with E-state index in [0.717, 1.165) is 18.9 Å². The second-order valence-corrected chi connectivity index (χ2v) is 8.38. The molecule has 2 unspecified atom stereocenters. The topological polar surface area (TPSA) is 55.8 Å². The van der Waals surface area contributed by atoms with Gasteiger partial charge in [-0.15, -0.1) is 13.2 Å². The van der Waals surface area contributed by atoms with Crippen molar-refractivity contribution in [1.82, 2.24) is 4.90 Å². The number of benzene rings is 1. The zero-order chi connectivity index (χ0) is 20.7. The first kappa shape index (κ1) is 20.5. The zero-order valence-electron chi connectivity index (χ0n) is 16.1. The lowest BCUT2D eigenvalue weighted by Crippen LogP contribution is -2.49. The maximum absolute atomic E-state index is 12.9. The lowest BCUT2D eigenvalue weighted by Gasteiger charge is -2.39. The molecule has 2 saturated heterocycles. The van der Waals surface area contributed by atoms with Crippen LogP contribution >= 0.6 is 0 Å². The minimum absolute atomic E-state index is 0.0860. The van der Waals surface area contributed by atoms with Crippen LogP contribution in [0.3, 0.4) is 0 Å². The van der Waals surface area contributed by atoms with Crippen LogP contribution in [0.15, 0.2) is 24.3 Å². The summed E-state index contributed by atoms with van der Waals surface area (Å²) in [7, 11) is 0. The lowest BCUT2D eigenvalue weighted by molar-refractivity contribution is -0.274. The molecule has 2 bridgehead atoms. The van der Waals surface area contributed by atoms with E-state index in [1.165, 1.54) is 18.2 Å². The van der Waals surface area contributed by atoms with E-state index >= 15 is 0 Å². The number of hydrogen-bond acceptors (Lipinski definition) is 4. The molecule has 154 valence electrons. The number of alkyl halides is 3. The highest BCUT2D eigenvalue weighted by Crippen LogP contribution is 2.41. The summed E-state index contributed by atoms with van der Waals surface area (Å²) in [5, 5.41) is 0. The van der Waals surface area contributed by atoms with Gasteiger partial charge in [0.2, 0.25) is 0 Å². The van der Waals surface area contributed by atoms with E-state index < -0.39 is 17.7 Å². The molecule has 2 fully saturated rings. The summed E-state index contributed by atoms with van der Waals surface area (Å²) in [4.78, 5) is 27.1. The number of halogens is 3. The van der Waals surface area contributed by atoms with Crippen LogP contribution in [-0.4, -0.2) is 40.8 Å². The molecule has 0 saturated carbocycles. The smallest absolute Gasteiger partial charge is 0.444 e. The molecular formula is C20H24F3NO4. The average molecular weight is 399 g/mol. The number of ketones is 1. The second-order valence-electron chi connectivity index (χ2n) is 8.38. The first-order valence-corrected chi connectivity index (χ1v) is 9.34. The minimum Gasteiger partial charge on any atom is -0.444 e. The summed E-state index contributed by atoms with van der Waals surface area (Å²) in [6, 6.07) is 4.98. The van der Waals surface area contributed by atoms with E-state index in [-0.39, 0.29) is 35.4 Å². The molecule has 0 radical (unpaired) electrons. The number of amides is 1. The first-order valence-electron chi connectivity index (χ1n) is 9.34. The Labute approximate surface area is 161 Å². The minimum atomic E-state index is -4.81. The van der Waals surface area contributed by atoms with Gasteiger partial charge in [0, 0.05) is 23.6 Å². The molecule has 3 rings (SSSR count).